The summed E-state index contributed by atoms with van der Waals surface area (Å²) in [7, 11) is 0. The van der Waals surface area contributed by atoms with Crippen LogP contribution in [-0.4, -0.2) is 115 Å². The van der Waals surface area contributed by atoms with Crippen LogP contribution in [0.15, 0.2) is 0 Å². The molecule has 1 fully saturated rings. The van der Waals surface area contributed by atoms with Crippen LogP contribution in [0, 0.1) is 0 Å². The predicted molar refractivity (Wildman–Crippen MR) is 69.8 cm³/mol. The SMILES string of the molecule is O=C(CO)[C@@H](O)[C@H](O[C@@H]1O[C@H](CO)[C@@H](O)[C@H](O)[C@@H]1O)[C@H](O)CO. The number of Topliss-reactive ketones (excluding diaryl/α,β-unsaturated/α-hetero) is 1. The molecule has 1 aliphatic rings. The van der Waals surface area contributed by atoms with Crippen LogP contribution in [0.3, 0.4) is 0 Å². The average Bonchev–Trinajstić information content (AvgIpc) is 2.57. The van der Waals surface area contributed by atoms with Gasteiger partial charge in [0.1, 0.15) is 49.3 Å². The summed E-state index contributed by atoms with van der Waals surface area (Å²) < 4.78 is 10.1. The number of rotatable bonds is 8. The van der Waals surface area contributed by atoms with E-state index in [0.717, 1.165) is 0 Å². The van der Waals surface area contributed by atoms with E-state index < -0.39 is 74.6 Å². The van der Waals surface area contributed by atoms with Crippen molar-refractivity contribution in [3.63, 3.8) is 0 Å². The minimum atomic E-state index is -2.05. The van der Waals surface area contributed by atoms with Gasteiger partial charge in [-0.2, -0.15) is 0 Å². The summed E-state index contributed by atoms with van der Waals surface area (Å²) in [4.78, 5) is 11.3. The molecule has 0 unspecified atom stereocenters. The maximum atomic E-state index is 11.3. The Morgan fingerprint density at radius 1 is 1.04 bits per heavy atom. The summed E-state index contributed by atoms with van der Waals surface area (Å²) >= 11 is 0. The fourth-order valence-corrected chi connectivity index (χ4v) is 2.09. The number of carbonyl (C=O) groups is 1. The third-order valence-corrected chi connectivity index (χ3v) is 3.50. The minimum absolute atomic E-state index is 0.726. The number of aliphatic hydroxyl groups is 8. The van der Waals surface area contributed by atoms with Gasteiger partial charge in [-0.25, -0.2) is 0 Å². The topological polar surface area (TPSA) is 197 Å². The lowest BCUT2D eigenvalue weighted by atomic mass is 9.98. The Morgan fingerprint density at radius 3 is 2.13 bits per heavy atom. The molecule has 0 aromatic carbocycles. The molecule has 11 heteroatoms. The Kier molecular flexibility index (Phi) is 7.89. The van der Waals surface area contributed by atoms with E-state index in [0.29, 0.717) is 0 Å². The van der Waals surface area contributed by atoms with Crippen molar-refractivity contribution in [2.75, 3.05) is 19.8 Å². The highest BCUT2D eigenvalue weighted by molar-refractivity contribution is 5.84. The molecule has 8 atom stereocenters. The Labute approximate surface area is 130 Å². The molecule has 11 nitrogen and oxygen atoms in total. The fraction of sp³-hybridized carbons (Fsp3) is 0.917. The van der Waals surface area contributed by atoms with Gasteiger partial charge in [0.15, 0.2) is 12.1 Å². The number of carbonyl (C=O) groups excluding carboxylic acids is 1. The van der Waals surface area contributed by atoms with Crippen LogP contribution in [0.1, 0.15) is 0 Å². The number of aliphatic hydroxyl groups excluding tert-OH is 8. The van der Waals surface area contributed by atoms with E-state index in [4.69, 9.17) is 24.8 Å². The second-order valence-electron chi connectivity index (χ2n) is 5.12. The van der Waals surface area contributed by atoms with Gasteiger partial charge in [-0.15, -0.1) is 0 Å². The number of ketones is 1. The molecular weight excluding hydrogens is 320 g/mol. The van der Waals surface area contributed by atoms with Crippen molar-refractivity contribution >= 4 is 5.78 Å². The normalized spacial score (nSPS) is 35.6. The zero-order valence-electron chi connectivity index (χ0n) is 12.0. The highest BCUT2D eigenvalue weighted by Gasteiger charge is 2.46. The van der Waals surface area contributed by atoms with Gasteiger partial charge in [0.25, 0.3) is 0 Å². The maximum absolute atomic E-state index is 11.3. The molecule has 0 amide bonds. The van der Waals surface area contributed by atoms with E-state index in [1.54, 1.807) is 0 Å². The average molecular weight is 342 g/mol. The summed E-state index contributed by atoms with van der Waals surface area (Å²) in [6.45, 7) is -2.71. The Balaban J connectivity index is 2.91. The second-order valence-corrected chi connectivity index (χ2v) is 5.12. The zero-order valence-corrected chi connectivity index (χ0v) is 12.0. The van der Waals surface area contributed by atoms with Gasteiger partial charge < -0.3 is 50.3 Å². The van der Waals surface area contributed by atoms with Gasteiger partial charge in [0.2, 0.25) is 0 Å². The number of hydrogen-bond donors (Lipinski definition) is 8. The zero-order chi connectivity index (χ0) is 17.7. The van der Waals surface area contributed by atoms with Crippen molar-refractivity contribution in [3.05, 3.63) is 0 Å². The first kappa shape index (κ1) is 20.3. The molecule has 136 valence electrons. The molecule has 0 saturated carbocycles. The highest BCUT2D eigenvalue weighted by atomic mass is 16.7. The van der Waals surface area contributed by atoms with E-state index in [-0.39, 0.29) is 0 Å². The van der Waals surface area contributed by atoms with Crippen LogP contribution in [0.4, 0.5) is 0 Å². The Hall–Kier alpha value is -0.730. The van der Waals surface area contributed by atoms with Gasteiger partial charge in [0.05, 0.1) is 13.2 Å². The predicted octanol–water partition coefficient (Wildman–Crippen LogP) is -5.55. The van der Waals surface area contributed by atoms with E-state index in [9.17, 15) is 30.3 Å². The van der Waals surface area contributed by atoms with Gasteiger partial charge in [-0.3, -0.25) is 4.79 Å². The maximum Gasteiger partial charge on any atom is 0.189 e. The quantitative estimate of drug-likeness (QED) is 0.209. The highest BCUT2D eigenvalue weighted by Crippen LogP contribution is 2.24. The van der Waals surface area contributed by atoms with Crippen molar-refractivity contribution in [1.29, 1.82) is 0 Å². The lowest BCUT2D eigenvalue weighted by molar-refractivity contribution is -0.323. The van der Waals surface area contributed by atoms with E-state index in [1.165, 1.54) is 0 Å². The van der Waals surface area contributed by atoms with E-state index in [2.05, 4.69) is 0 Å². The molecule has 0 bridgehead atoms. The molecule has 0 aromatic heterocycles. The lowest BCUT2D eigenvalue weighted by Gasteiger charge is -2.41. The first-order valence-electron chi connectivity index (χ1n) is 6.85. The van der Waals surface area contributed by atoms with Crippen LogP contribution in [-0.2, 0) is 14.3 Å². The standard InChI is InChI=1S/C12H22O11/c13-1-4(16)7(18)11(5(17)2-14)23-12-10(21)9(20)8(19)6(3-15)22-12/h5-15,17-21H,1-3H2/t5-,6-,7-,8-,9+,10+,11-,12+/m1/s1. The molecule has 0 aromatic rings. The van der Waals surface area contributed by atoms with Crippen LogP contribution in [0.5, 0.6) is 0 Å². The van der Waals surface area contributed by atoms with Crippen LogP contribution >= 0.6 is 0 Å². The van der Waals surface area contributed by atoms with Crippen LogP contribution < -0.4 is 0 Å². The molecule has 8 N–H and O–H groups in total. The third-order valence-electron chi connectivity index (χ3n) is 3.50. The molecule has 1 aliphatic heterocycles. The summed E-state index contributed by atoms with van der Waals surface area (Å²) in [6.07, 6.45) is -13.8. The van der Waals surface area contributed by atoms with Crippen molar-refractivity contribution in [3.8, 4) is 0 Å². The van der Waals surface area contributed by atoms with Crippen molar-refractivity contribution in [1.82, 2.24) is 0 Å². The first-order chi connectivity index (χ1) is 10.8. The smallest absolute Gasteiger partial charge is 0.189 e. The first-order valence-corrected chi connectivity index (χ1v) is 6.85. The number of hydrogen-bond acceptors (Lipinski definition) is 11. The fourth-order valence-electron chi connectivity index (χ4n) is 2.09. The largest absolute Gasteiger partial charge is 0.394 e. The van der Waals surface area contributed by atoms with Crippen molar-refractivity contribution in [2.45, 2.75) is 49.0 Å². The molecular formula is C12H22O11. The van der Waals surface area contributed by atoms with Gasteiger partial charge in [0, 0.05) is 0 Å². The number of ether oxygens (including phenoxy) is 2. The van der Waals surface area contributed by atoms with E-state index in [1.807, 2.05) is 0 Å². The Bertz CT molecular complexity index is 376. The van der Waals surface area contributed by atoms with Crippen LogP contribution in [0.25, 0.3) is 0 Å². The summed E-state index contributed by atoms with van der Waals surface area (Å²) in [5.74, 6) is -1.12. The van der Waals surface area contributed by atoms with Crippen molar-refractivity contribution in [2.24, 2.45) is 0 Å². The minimum Gasteiger partial charge on any atom is -0.394 e. The monoisotopic (exact) mass is 342 g/mol. The molecule has 0 radical (unpaired) electrons. The molecule has 0 spiro atoms. The Morgan fingerprint density at radius 2 is 1.65 bits per heavy atom. The summed E-state index contributed by atoms with van der Waals surface area (Å²) in [5, 5.41) is 75.1. The van der Waals surface area contributed by atoms with Crippen molar-refractivity contribution < 1.29 is 55.1 Å². The summed E-state index contributed by atoms with van der Waals surface area (Å²) in [5.41, 5.74) is 0. The lowest BCUT2D eigenvalue weighted by Crippen LogP contribution is -2.61. The second kappa shape index (κ2) is 8.94. The van der Waals surface area contributed by atoms with Gasteiger partial charge >= 0.3 is 0 Å². The third kappa shape index (κ3) is 4.64. The molecule has 1 heterocycles. The molecule has 23 heavy (non-hydrogen) atoms. The molecule has 1 rings (SSSR count). The summed E-state index contributed by atoms with van der Waals surface area (Å²) in [6, 6.07) is 0. The van der Waals surface area contributed by atoms with E-state index >= 15 is 0 Å². The molecule has 1 saturated heterocycles. The van der Waals surface area contributed by atoms with Crippen LogP contribution in [0.2, 0.25) is 0 Å². The van der Waals surface area contributed by atoms with Gasteiger partial charge in [-0.1, -0.05) is 0 Å². The molecule has 0 aliphatic carbocycles. The van der Waals surface area contributed by atoms with Gasteiger partial charge in [-0.05, 0) is 0 Å².